The molecule has 8 heteroatoms. The largest absolute Gasteiger partial charge is 0.476 e. The second-order valence-corrected chi connectivity index (χ2v) is 8.13. The van der Waals surface area contributed by atoms with Crippen LogP contribution in [0.4, 0.5) is 0 Å². The highest BCUT2D eigenvalue weighted by atomic mass is 35.5. The number of esters is 1. The summed E-state index contributed by atoms with van der Waals surface area (Å²) in [5.74, 6) is 0.864. The summed E-state index contributed by atoms with van der Waals surface area (Å²) in [5, 5.41) is 7.32. The number of carbonyl (C=O) groups is 1. The molecule has 0 aliphatic rings. The predicted molar refractivity (Wildman–Crippen MR) is 119 cm³/mol. The van der Waals surface area contributed by atoms with Crippen LogP contribution >= 0.6 is 11.6 Å². The van der Waals surface area contributed by atoms with Crippen LogP contribution in [-0.2, 0) is 28.9 Å². The molecule has 0 spiro atoms. The Hall–Kier alpha value is -3.06. The molecule has 0 radical (unpaired) electrons. The summed E-state index contributed by atoms with van der Waals surface area (Å²) < 4.78 is 12.1. The average Bonchev–Trinajstić information content (AvgIpc) is 3.09. The molecular formula is C23H26ClN3O4. The van der Waals surface area contributed by atoms with Crippen LogP contribution in [0.2, 0.25) is 5.02 Å². The summed E-state index contributed by atoms with van der Waals surface area (Å²) >= 11 is 6.23. The van der Waals surface area contributed by atoms with E-state index >= 15 is 0 Å². The van der Waals surface area contributed by atoms with Crippen molar-refractivity contribution in [2.45, 2.75) is 45.3 Å². The van der Waals surface area contributed by atoms with Gasteiger partial charge in [-0.2, -0.15) is 5.10 Å². The maximum atomic E-state index is 12.2. The molecule has 0 amide bonds. The summed E-state index contributed by atoms with van der Waals surface area (Å²) in [6.07, 6.45) is 2.28. The van der Waals surface area contributed by atoms with Crippen molar-refractivity contribution in [1.82, 2.24) is 14.8 Å². The molecule has 1 heterocycles. The molecule has 0 saturated heterocycles. The number of aryl methyl sites for hydroxylation is 2. The second-order valence-electron chi connectivity index (χ2n) is 7.72. The first-order valence-corrected chi connectivity index (χ1v) is 10.4. The molecular weight excluding hydrogens is 418 g/mol. The quantitative estimate of drug-likeness (QED) is 0.508. The summed E-state index contributed by atoms with van der Waals surface area (Å²) in [6, 6.07) is 15.1. The normalized spacial score (nSPS) is 11.4. The van der Waals surface area contributed by atoms with Crippen molar-refractivity contribution in [3.05, 3.63) is 81.0 Å². The summed E-state index contributed by atoms with van der Waals surface area (Å²) in [5.41, 5.74) is 0.699. The Morgan fingerprint density at radius 1 is 1.13 bits per heavy atom. The Morgan fingerprint density at radius 2 is 1.84 bits per heavy atom. The number of H-pyrrole nitrogens is 1. The second kappa shape index (κ2) is 9.83. The van der Waals surface area contributed by atoms with Gasteiger partial charge in [0.1, 0.15) is 11.6 Å². The molecule has 3 rings (SSSR count). The Bertz CT molecular complexity index is 1090. The average molecular weight is 444 g/mol. The van der Waals surface area contributed by atoms with Crippen molar-refractivity contribution in [3.63, 3.8) is 0 Å². The fourth-order valence-corrected chi connectivity index (χ4v) is 3.45. The minimum absolute atomic E-state index is 0.246. The van der Waals surface area contributed by atoms with Crippen molar-refractivity contribution in [2.24, 2.45) is 0 Å². The Morgan fingerprint density at radius 3 is 2.52 bits per heavy atom. The molecule has 0 fully saturated rings. The van der Waals surface area contributed by atoms with Crippen molar-refractivity contribution in [3.8, 4) is 5.75 Å². The molecule has 0 aliphatic carbocycles. The molecule has 0 unspecified atom stereocenters. The van der Waals surface area contributed by atoms with E-state index < -0.39 is 11.6 Å². The molecule has 1 aromatic heterocycles. The van der Waals surface area contributed by atoms with Gasteiger partial charge >= 0.3 is 11.7 Å². The molecule has 3 aromatic rings. The Kier molecular flexibility index (Phi) is 7.17. The lowest BCUT2D eigenvalue weighted by Crippen LogP contribution is -2.39. The lowest BCUT2D eigenvalue weighted by atomic mass is 10.1. The van der Waals surface area contributed by atoms with E-state index in [0.29, 0.717) is 29.6 Å². The number of nitrogens with one attached hydrogen (secondary N) is 1. The minimum atomic E-state index is -1.05. The minimum Gasteiger partial charge on any atom is -0.476 e. The zero-order valence-electron chi connectivity index (χ0n) is 17.9. The molecule has 7 nitrogen and oxygen atoms in total. The highest BCUT2D eigenvalue weighted by molar-refractivity contribution is 6.31. The van der Waals surface area contributed by atoms with Crippen molar-refractivity contribution in [2.75, 3.05) is 7.11 Å². The lowest BCUT2D eigenvalue weighted by Gasteiger charge is -2.23. The topological polar surface area (TPSA) is 86.2 Å². The number of hydrogen-bond donors (Lipinski definition) is 1. The number of halogens is 1. The number of rotatable bonds is 9. The molecule has 31 heavy (non-hydrogen) atoms. The molecule has 2 aromatic carbocycles. The third-order valence-corrected chi connectivity index (χ3v) is 5.33. The van der Waals surface area contributed by atoms with Crippen LogP contribution in [0.3, 0.4) is 0 Å². The van der Waals surface area contributed by atoms with Gasteiger partial charge in [0, 0.05) is 11.4 Å². The molecule has 164 valence electrons. The van der Waals surface area contributed by atoms with Crippen LogP contribution in [0.1, 0.15) is 37.2 Å². The van der Waals surface area contributed by atoms with E-state index in [-0.39, 0.29) is 5.69 Å². The van der Waals surface area contributed by atoms with Crippen LogP contribution in [-0.4, -0.2) is 33.4 Å². The zero-order chi connectivity index (χ0) is 22.4. The molecule has 0 aliphatic heterocycles. The van der Waals surface area contributed by atoms with Gasteiger partial charge in [0.15, 0.2) is 5.60 Å². The molecule has 0 atom stereocenters. The van der Waals surface area contributed by atoms with Crippen LogP contribution in [0, 0.1) is 0 Å². The lowest BCUT2D eigenvalue weighted by molar-refractivity contribution is -0.156. The highest BCUT2D eigenvalue weighted by Gasteiger charge is 2.30. The van der Waals surface area contributed by atoms with E-state index in [1.54, 1.807) is 24.5 Å². The number of hydrogen-bond acceptors (Lipinski definition) is 5. The standard InChI is InChI=1S/C23H26ClN3O4/c1-23(2,21(28)30-3)31-18-13-11-16(12-14-18)7-6-10-20-25-26-22(29)27(20)15-17-8-4-5-9-19(17)24/h4-5,8-9,11-14H,6-7,10,15H2,1-3H3,(H,26,29). The fraction of sp³-hybridized carbons (Fsp3) is 0.348. The van der Waals surface area contributed by atoms with Crippen molar-refractivity contribution >= 4 is 17.6 Å². The maximum absolute atomic E-state index is 12.2. The summed E-state index contributed by atoms with van der Waals surface area (Å²) in [6.45, 7) is 3.71. The molecule has 0 bridgehead atoms. The number of ether oxygens (including phenoxy) is 2. The number of benzene rings is 2. The number of carbonyl (C=O) groups excluding carboxylic acids is 1. The Labute approximate surface area is 186 Å². The molecule has 1 N–H and O–H groups in total. The summed E-state index contributed by atoms with van der Waals surface area (Å²) in [4.78, 5) is 23.9. The van der Waals surface area contributed by atoms with Gasteiger partial charge in [0.25, 0.3) is 0 Å². The SMILES string of the molecule is COC(=O)C(C)(C)Oc1ccc(CCCc2n[nH]c(=O)n2Cc2ccccc2Cl)cc1. The maximum Gasteiger partial charge on any atom is 0.349 e. The van der Waals surface area contributed by atoms with Gasteiger partial charge in [-0.15, -0.1) is 0 Å². The van der Waals surface area contributed by atoms with E-state index in [1.165, 1.54) is 7.11 Å². The van der Waals surface area contributed by atoms with Gasteiger partial charge in [-0.1, -0.05) is 41.9 Å². The van der Waals surface area contributed by atoms with Crippen LogP contribution in [0.15, 0.2) is 53.3 Å². The van der Waals surface area contributed by atoms with E-state index in [1.807, 2.05) is 42.5 Å². The fourth-order valence-electron chi connectivity index (χ4n) is 3.26. The number of aromatic nitrogens is 3. The van der Waals surface area contributed by atoms with Gasteiger partial charge < -0.3 is 9.47 Å². The third-order valence-electron chi connectivity index (χ3n) is 4.96. The van der Waals surface area contributed by atoms with Crippen LogP contribution in [0.25, 0.3) is 0 Å². The first-order chi connectivity index (χ1) is 14.8. The van der Waals surface area contributed by atoms with Gasteiger partial charge in [-0.05, 0) is 56.0 Å². The smallest absolute Gasteiger partial charge is 0.349 e. The third kappa shape index (κ3) is 5.76. The Balaban J connectivity index is 1.58. The molecule has 0 saturated carbocycles. The first kappa shape index (κ1) is 22.6. The predicted octanol–water partition coefficient (Wildman–Crippen LogP) is 3.78. The van der Waals surface area contributed by atoms with Crippen molar-refractivity contribution in [1.29, 1.82) is 0 Å². The van der Waals surface area contributed by atoms with Gasteiger partial charge in [-0.3, -0.25) is 4.57 Å². The van der Waals surface area contributed by atoms with E-state index in [2.05, 4.69) is 10.2 Å². The van der Waals surface area contributed by atoms with E-state index in [0.717, 1.165) is 24.0 Å². The number of aromatic amines is 1. The zero-order valence-corrected chi connectivity index (χ0v) is 18.6. The van der Waals surface area contributed by atoms with Crippen molar-refractivity contribution < 1.29 is 14.3 Å². The van der Waals surface area contributed by atoms with E-state index in [9.17, 15) is 9.59 Å². The van der Waals surface area contributed by atoms with Gasteiger partial charge in [0.2, 0.25) is 0 Å². The van der Waals surface area contributed by atoms with E-state index in [4.69, 9.17) is 21.1 Å². The van der Waals surface area contributed by atoms with Gasteiger partial charge in [-0.25, -0.2) is 14.7 Å². The number of nitrogens with zero attached hydrogens (tertiary/aromatic N) is 2. The van der Waals surface area contributed by atoms with Crippen LogP contribution < -0.4 is 10.4 Å². The first-order valence-electron chi connectivity index (χ1n) is 10.0. The highest BCUT2D eigenvalue weighted by Crippen LogP contribution is 2.21. The van der Waals surface area contributed by atoms with Gasteiger partial charge in [0.05, 0.1) is 13.7 Å². The summed E-state index contributed by atoms with van der Waals surface area (Å²) in [7, 11) is 1.34. The van der Waals surface area contributed by atoms with Crippen LogP contribution in [0.5, 0.6) is 5.75 Å². The number of methoxy groups -OCH3 is 1. The monoisotopic (exact) mass is 443 g/mol.